The SMILES string of the molecule is CCc1ccccc1N1CCS/C1=N\C(=O)NC(C#N)c1ccc(-c2ncn(-c3ccc(OC(F)(F)F)cc3)n2)cc1. The number of alkyl halides is 3. The minimum Gasteiger partial charge on any atom is -0.406 e. The third-order valence-electron chi connectivity index (χ3n) is 6.36. The van der Waals surface area contributed by atoms with Gasteiger partial charge in [-0.15, -0.1) is 18.3 Å². The Labute approximate surface area is 243 Å². The van der Waals surface area contributed by atoms with Crippen LogP contribution in [0.25, 0.3) is 17.1 Å². The number of nitrogens with one attached hydrogen (secondary N) is 1. The number of ether oxygens (including phenoxy) is 1. The number of aryl methyl sites for hydroxylation is 1. The number of thioether (sulfide) groups is 1. The molecule has 1 aliphatic rings. The highest BCUT2D eigenvalue weighted by molar-refractivity contribution is 8.14. The Bertz CT molecular complexity index is 1630. The molecule has 1 N–H and O–H groups in total. The predicted octanol–water partition coefficient (Wildman–Crippen LogP) is 6.28. The first kappa shape index (κ1) is 28.7. The fourth-order valence-electron chi connectivity index (χ4n) is 4.37. The number of urea groups is 1. The molecule has 2 amide bonds. The second-order valence-corrected chi connectivity index (χ2v) is 10.1. The molecule has 2 heterocycles. The van der Waals surface area contributed by atoms with Crippen LogP contribution in [0.2, 0.25) is 0 Å². The lowest BCUT2D eigenvalue weighted by molar-refractivity contribution is -0.274. The van der Waals surface area contributed by atoms with Crippen LogP contribution < -0.4 is 15.0 Å². The number of benzene rings is 3. The number of nitriles is 1. The molecule has 1 aliphatic heterocycles. The van der Waals surface area contributed by atoms with Gasteiger partial charge in [-0.2, -0.15) is 10.3 Å². The van der Waals surface area contributed by atoms with Crippen LogP contribution in [0, 0.1) is 11.3 Å². The van der Waals surface area contributed by atoms with Gasteiger partial charge in [0.25, 0.3) is 0 Å². The van der Waals surface area contributed by atoms with Crippen LogP contribution in [-0.4, -0.2) is 44.6 Å². The largest absolute Gasteiger partial charge is 0.573 e. The molecule has 0 saturated carbocycles. The highest BCUT2D eigenvalue weighted by Crippen LogP contribution is 2.29. The highest BCUT2D eigenvalue weighted by atomic mass is 32.2. The number of hydrogen-bond acceptors (Lipinski definition) is 6. The van der Waals surface area contributed by atoms with Crippen LogP contribution in [0.5, 0.6) is 5.75 Å². The topological polar surface area (TPSA) is 108 Å². The zero-order valence-electron chi connectivity index (χ0n) is 22.2. The number of aliphatic imine (C=N–C) groups is 1. The summed E-state index contributed by atoms with van der Waals surface area (Å²) in [6.07, 6.45) is -2.48. The number of carbonyl (C=O) groups excluding carboxylic acids is 1. The average molecular weight is 592 g/mol. The van der Waals surface area contributed by atoms with Crippen LogP contribution >= 0.6 is 11.8 Å². The van der Waals surface area contributed by atoms with Gasteiger partial charge in [0, 0.05) is 23.5 Å². The predicted molar refractivity (Wildman–Crippen MR) is 153 cm³/mol. The minimum atomic E-state index is -4.77. The maximum atomic E-state index is 12.8. The van der Waals surface area contributed by atoms with Crippen LogP contribution in [0.4, 0.5) is 23.7 Å². The van der Waals surface area contributed by atoms with E-state index in [-0.39, 0.29) is 5.75 Å². The van der Waals surface area contributed by atoms with Crippen LogP contribution in [0.1, 0.15) is 24.1 Å². The molecule has 214 valence electrons. The van der Waals surface area contributed by atoms with E-state index < -0.39 is 18.4 Å². The zero-order valence-corrected chi connectivity index (χ0v) is 23.1. The molecule has 3 aromatic carbocycles. The van der Waals surface area contributed by atoms with Crippen molar-refractivity contribution in [2.24, 2.45) is 4.99 Å². The van der Waals surface area contributed by atoms with Gasteiger partial charge < -0.3 is 15.0 Å². The molecule has 0 aliphatic carbocycles. The van der Waals surface area contributed by atoms with Crippen molar-refractivity contribution in [2.75, 3.05) is 17.2 Å². The van der Waals surface area contributed by atoms with Crippen LogP contribution in [-0.2, 0) is 6.42 Å². The fourth-order valence-corrected chi connectivity index (χ4v) is 5.32. The molecule has 42 heavy (non-hydrogen) atoms. The van der Waals surface area contributed by atoms with E-state index in [9.17, 15) is 23.2 Å². The van der Waals surface area contributed by atoms with Gasteiger partial charge in [-0.25, -0.2) is 14.5 Å². The second-order valence-electron chi connectivity index (χ2n) is 9.06. The molecule has 4 aromatic rings. The summed E-state index contributed by atoms with van der Waals surface area (Å²) in [5.41, 5.74) is 3.88. The molecule has 5 rings (SSSR count). The molecule has 0 bridgehead atoms. The molecule has 1 unspecified atom stereocenters. The summed E-state index contributed by atoms with van der Waals surface area (Å²) in [5, 5.41) is 17.4. The summed E-state index contributed by atoms with van der Waals surface area (Å²) in [5.74, 6) is 0.829. The van der Waals surface area contributed by atoms with Gasteiger partial charge in [-0.05, 0) is 47.9 Å². The lowest BCUT2D eigenvalue weighted by atomic mass is 10.1. The van der Waals surface area contributed by atoms with Gasteiger partial charge in [0.2, 0.25) is 0 Å². The quantitative estimate of drug-likeness (QED) is 0.270. The number of aromatic nitrogens is 3. The van der Waals surface area contributed by atoms with Gasteiger partial charge in [0.15, 0.2) is 11.0 Å². The molecular weight excluding hydrogens is 567 g/mol. The molecule has 1 atom stereocenters. The van der Waals surface area contributed by atoms with E-state index in [4.69, 9.17) is 0 Å². The summed E-state index contributed by atoms with van der Waals surface area (Å²) in [6, 6.07) is 20.6. The van der Waals surface area contributed by atoms with Crippen molar-refractivity contribution in [3.05, 3.63) is 90.3 Å². The Balaban J connectivity index is 1.25. The lowest BCUT2D eigenvalue weighted by Crippen LogP contribution is -2.29. The molecular formula is C29H24F3N7O2S. The Morgan fingerprint density at radius 3 is 2.57 bits per heavy atom. The number of para-hydroxylation sites is 1. The summed E-state index contributed by atoms with van der Waals surface area (Å²) in [7, 11) is 0. The molecule has 1 aromatic heterocycles. The number of amides is 2. The molecule has 1 fully saturated rings. The third kappa shape index (κ3) is 6.72. The summed E-state index contributed by atoms with van der Waals surface area (Å²) in [4.78, 5) is 23.4. The van der Waals surface area contributed by atoms with Crippen LogP contribution in [0.3, 0.4) is 0 Å². The number of hydrogen-bond donors (Lipinski definition) is 1. The van der Waals surface area contributed by atoms with E-state index in [1.165, 1.54) is 47.0 Å². The number of nitrogens with zero attached hydrogens (tertiary/aromatic N) is 6. The first-order valence-corrected chi connectivity index (χ1v) is 13.9. The van der Waals surface area contributed by atoms with Crippen molar-refractivity contribution in [3.8, 4) is 28.9 Å². The number of amidine groups is 1. The fraction of sp³-hybridized carbons (Fsp3) is 0.207. The smallest absolute Gasteiger partial charge is 0.406 e. The van der Waals surface area contributed by atoms with Gasteiger partial charge in [-0.3, -0.25) is 0 Å². The number of carbonyl (C=O) groups is 1. The second kappa shape index (κ2) is 12.4. The highest BCUT2D eigenvalue weighted by Gasteiger charge is 2.31. The first-order valence-electron chi connectivity index (χ1n) is 12.9. The van der Waals surface area contributed by atoms with Gasteiger partial charge in [0.05, 0.1) is 11.8 Å². The van der Waals surface area contributed by atoms with E-state index >= 15 is 0 Å². The average Bonchev–Trinajstić information content (AvgIpc) is 3.66. The van der Waals surface area contributed by atoms with E-state index in [2.05, 4.69) is 44.2 Å². The minimum absolute atomic E-state index is 0.339. The monoisotopic (exact) mass is 591 g/mol. The van der Waals surface area contributed by atoms with Crippen molar-refractivity contribution in [1.29, 1.82) is 5.26 Å². The van der Waals surface area contributed by atoms with Crippen molar-refractivity contribution < 1.29 is 22.7 Å². The Kier molecular flexibility index (Phi) is 8.44. The summed E-state index contributed by atoms with van der Waals surface area (Å²) in [6.45, 7) is 2.81. The van der Waals surface area contributed by atoms with Crippen molar-refractivity contribution in [3.63, 3.8) is 0 Å². The molecule has 0 radical (unpaired) electrons. The van der Waals surface area contributed by atoms with Crippen molar-refractivity contribution >= 4 is 28.6 Å². The summed E-state index contributed by atoms with van der Waals surface area (Å²) >= 11 is 1.49. The molecule has 13 heteroatoms. The Hall–Kier alpha value is -4.83. The lowest BCUT2D eigenvalue weighted by Gasteiger charge is -2.21. The molecule has 9 nitrogen and oxygen atoms in total. The van der Waals surface area contributed by atoms with Crippen molar-refractivity contribution in [1.82, 2.24) is 20.1 Å². The Morgan fingerprint density at radius 1 is 1.14 bits per heavy atom. The van der Waals surface area contributed by atoms with E-state index in [1.807, 2.05) is 23.1 Å². The summed E-state index contributed by atoms with van der Waals surface area (Å²) < 4.78 is 42.5. The van der Waals surface area contributed by atoms with Gasteiger partial charge in [-0.1, -0.05) is 61.2 Å². The van der Waals surface area contributed by atoms with Gasteiger partial charge in [0.1, 0.15) is 18.1 Å². The van der Waals surface area contributed by atoms with Gasteiger partial charge >= 0.3 is 12.4 Å². The molecule has 1 saturated heterocycles. The number of rotatable bonds is 7. The third-order valence-corrected chi connectivity index (χ3v) is 7.32. The standard InChI is InChI=1S/C29H24F3N7O2S/c1-2-19-5-3-4-6-25(19)38-15-16-42-28(38)36-27(40)35-24(17-33)20-7-9-21(10-8-20)26-34-18-39(37-26)22-11-13-23(14-12-22)41-29(30,31)32/h3-14,18,24H,2,15-16H2,1H3,(H,35,40)/b36-28-. The molecule has 0 spiro atoms. The van der Waals surface area contributed by atoms with E-state index in [0.717, 1.165) is 30.0 Å². The van der Waals surface area contributed by atoms with Crippen molar-refractivity contribution in [2.45, 2.75) is 25.7 Å². The maximum Gasteiger partial charge on any atom is 0.573 e. The zero-order chi connectivity index (χ0) is 29.7. The number of anilines is 1. The maximum absolute atomic E-state index is 12.8. The first-order chi connectivity index (χ1) is 20.2. The van der Waals surface area contributed by atoms with E-state index in [0.29, 0.717) is 27.8 Å². The van der Waals surface area contributed by atoms with E-state index in [1.54, 1.807) is 24.3 Å². The normalized spacial score (nSPS) is 14.9. The Morgan fingerprint density at radius 2 is 1.88 bits per heavy atom. The number of halogens is 3. The van der Waals surface area contributed by atoms with Crippen LogP contribution in [0.15, 0.2) is 84.1 Å².